The van der Waals surface area contributed by atoms with Crippen molar-refractivity contribution in [2.75, 3.05) is 6.61 Å². The molecule has 1 aliphatic carbocycles. The van der Waals surface area contributed by atoms with E-state index in [0.717, 1.165) is 6.42 Å². The van der Waals surface area contributed by atoms with Gasteiger partial charge in [0, 0.05) is 5.56 Å². The number of alkyl halides is 4. The van der Waals surface area contributed by atoms with E-state index in [0.29, 0.717) is 17.9 Å². The van der Waals surface area contributed by atoms with Gasteiger partial charge in [0.2, 0.25) is 11.6 Å². The Balaban J connectivity index is 2.10. The van der Waals surface area contributed by atoms with Gasteiger partial charge in [-0.05, 0) is 12.5 Å². The molecule has 116 valence electrons. The minimum Gasteiger partial charge on any atom is -0.493 e. The van der Waals surface area contributed by atoms with Crippen molar-refractivity contribution in [1.29, 1.82) is 0 Å². The minimum atomic E-state index is -4.79. The van der Waals surface area contributed by atoms with Gasteiger partial charge in [0.1, 0.15) is 12.4 Å². The van der Waals surface area contributed by atoms with E-state index in [1.165, 1.54) is 6.07 Å². The molecular weight excluding hydrogens is 295 g/mol. The SMILES string of the molecule is CCCOc1ccccc1COC1=C(F)C(F)(F)C1(F)F. The summed E-state index contributed by atoms with van der Waals surface area (Å²) in [5.74, 6) is -12.9. The van der Waals surface area contributed by atoms with Gasteiger partial charge < -0.3 is 9.47 Å². The molecule has 2 nitrogen and oxygen atoms in total. The van der Waals surface area contributed by atoms with Crippen LogP contribution in [0.5, 0.6) is 5.75 Å². The summed E-state index contributed by atoms with van der Waals surface area (Å²) in [4.78, 5) is 0. The first-order valence-corrected chi connectivity index (χ1v) is 6.32. The number of hydrogen-bond acceptors (Lipinski definition) is 2. The van der Waals surface area contributed by atoms with Crippen molar-refractivity contribution in [1.82, 2.24) is 0 Å². The Morgan fingerprint density at radius 2 is 1.67 bits per heavy atom. The second-order valence-corrected chi connectivity index (χ2v) is 4.54. The summed E-state index contributed by atoms with van der Waals surface area (Å²) < 4.78 is 74.2. The third-order valence-corrected chi connectivity index (χ3v) is 2.96. The number of allylic oxidation sites excluding steroid dienone is 2. The number of halogens is 5. The van der Waals surface area contributed by atoms with Crippen LogP contribution in [0.3, 0.4) is 0 Å². The largest absolute Gasteiger partial charge is 0.493 e. The molecule has 7 heteroatoms. The smallest absolute Gasteiger partial charge is 0.375 e. The van der Waals surface area contributed by atoms with Crippen LogP contribution in [0.1, 0.15) is 18.9 Å². The predicted molar refractivity (Wildman–Crippen MR) is 65.0 cm³/mol. The summed E-state index contributed by atoms with van der Waals surface area (Å²) >= 11 is 0. The summed E-state index contributed by atoms with van der Waals surface area (Å²) in [5.41, 5.74) is 0.372. The molecule has 1 aromatic carbocycles. The van der Waals surface area contributed by atoms with Gasteiger partial charge in [-0.15, -0.1) is 0 Å². The van der Waals surface area contributed by atoms with E-state index in [-0.39, 0.29) is 0 Å². The fourth-order valence-electron chi connectivity index (χ4n) is 1.78. The summed E-state index contributed by atoms with van der Waals surface area (Å²) in [7, 11) is 0. The highest BCUT2D eigenvalue weighted by Gasteiger charge is 2.74. The number of benzene rings is 1. The number of hydrogen-bond donors (Lipinski definition) is 0. The maximum Gasteiger partial charge on any atom is 0.375 e. The molecule has 0 amide bonds. The first-order chi connectivity index (χ1) is 9.82. The minimum absolute atomic E-state index is 0.372. The maximum absolute atomic E-state index is 13.0. The molecule has 21 heavy (non-hydrogen) atoms. The van der Waals surface area contributed by atoms with Crippen molar-refractivity contribution in [3.63, 3.8) is 0 Å². The van der Waals surface area contributed by atoms with E-state index in [9.17, 15) is 22.0 Å². The van der Waals surface area contributed by atoms with Crippen LogP contribution in [-0.2, 0) is 11.3 Å². The molecule has 1 aliphatic rings. The molecule has 1 aromatic rings. The van der Waals surface area contributed by atoms with Gasteiger partial charge in [-0.3, -0.25) is 0 Å². The van der Waals surface area contributed by atoms with Gasteiger partial charge in [0.05, 0.1) is 6.61 Å². The summed E-state index contributed by atoms with van der Waals surface area (Å²) in [5, 5.41) is 0. The van der Waals surface area contributed by atoms with E-state index in [2.05, 4.69) is 4.74 Å². The van der Waals surface area contributed by atoms with Crippen LogP contribution >= 0.6 is 0 Å². The van der Waals surface area contributed by atoms with Gasteiger partial charge in [0.25, 0.3) is 0 Å². The average molecular weight is 308 g/mol. The topological polar surface area (TPSA) is 18.5 Å². The highest BCUT2D eigenvalue weighted by atomic mass is 19.3. The van der Waals surface area contributed by atoms with E-state index in [4.69, 9.17) is 4.74 Å². The number of rotatable bonds is 6. The highest BCUT2D eigenvalue weighted by molar-refractivity contribution is 5.37. The summed E-state index contributed by atoms with van der Waals surface area (Å²) in [6.07, 6.45) is 0.735. The molecule has 0 saturated carbocycles. The lowest BCUT2D eigenvalue weighted by atomic mass is 9.96. The van der Waals surface area contributed by atoms with Gasteiger partial charge in [-0.1, -0.05) is 25.1 Å². The molecule has 0 spiro atoms. The molecule has 2 rings (SSSR count). The van der Waals surface area contributed by atoms with Crippen molar-refractivity contribution in [3.05, 3.63) is 41.4 Å². The number of para-hydroxylation sites is 1. The van der Waals surface area contributed by atoms with Crippen LogP contribution in [0, 0.1) is 0 Å². The normalized spacial score (nSPS) is 19.1. The monoisotopic (exact) mass is 308 g/mol. The Morgan fingerprint density at radius 3 is 2.29 bits per heavy atom. The first kappa shape index (κ1) is 15.6. The van der Waals surface area contributed by atoms with Crippen LogP contribution in [0.25, 0.3) is 0 Å². The molecule has 0 aromatic heterocycles. The lowest BCUT2D eigenvalue weighted by molar-refractivity contribution is -0.233. The molecule has 0 heterocycles. The zero-order valence-electron chi connectivity index (χ0n) is 11.1. The predicted octanol–water partition coefficient (Wildman–Crippen LogP) is 4.46. The fourth-order valence-corrected chi connectivity index (χ4v) is 1.78. The van der Waals surface area contributed by atoms with Crippen LogP contribution in [0.4, 0.5) is 22.0 Å². The Bertz CT molecular complexity index is 554. The first-order valence-electron chi connectivity index (χ1n) is 6.32. The Morgan fingerprint density at radius 1 is 1.00 bits per heavy atom. The second-order valence-electron chi connectivity index (χ2n) is 4.54. The van der Waals surface area contributed by atoms with Gasteiger partial charge in [-0.2, -0.15) is 17.6 Å². The van der Waals surface area contributed by atoms with E-state index < -0.39 is 30.0 Å². The zero-order valence-corrected chi connectivity index (χ0v) is 11.1. The van der Waals surface area contributed by atoms with E-state index in [1.807, 2.05) is 6.92 Å². The van der Waals surface area contributed by atoms with Crippen LogP contribution in [-0.4, -0.2) is 18.5 Å². The van der Waals surface area contributed by atoms with Gasteiger partial charge in [-0.25, -0.2) is 4.39 Å². The molecule has 0 N–H and O–H groups in total. The quantitative estimate of drug-likeness (QED) is 0.723. The average Bonchev–Trinajstić information content (AvgIpc) is 2.45. The third-order valence-electron chi connectivity index (χ3n) is 2.96. The lowest BCUT2D eigenvalue weighted by Crippen LogP contribution is -2.53. The summed E-state index contributed by atoms with van der Waals surface area (Å²) in [6.45, 7) is 1.81. The van der Waals surface area contributed by atoms with Crippen molar-refractivity contribution in [2.24, 2.45) is 0 Å². The second kappa shape index (κ2) is 5.54. The van der Waals surface area contributed by atoms with Crippen molar-refractivity contribution >= 4 is 0 Å². The van der Waals surface area contributed by atoms with E-state index in [1.54, 1.807) is 18.2 Å². The third kappa shape index (κ3) is 2.56. The molecule has 0 radical (unpaired) electrons. The Labute approximate surface area is 118 Å². The molecule has 0 fully saturated rings. The fraction of sp³-hybridized carbons (Fsp3) is 0.429. The van der Waals surface area contributed by atoms with E-state index >= 15 is 0 Å². The van der Waals surface area contributed by atoms with Gasteiger partial charge >= 0.3 is 11.8 Å². The van der Waals surface area contributed by atoms with Crippen molar-refractivity contribution in [2.45, 2.75) is 31.8 Å². The molecule has 0 aliphatic heterocycles. The Kier molecular flexibility index (Phi) is 4.11. The Hall–Kier alpha value is -1.79. The van der Waals surface area contributed by atoms with Crippen molar-refractivity contribution in [3.8, 4) is 5.75 Å². The van der Waals surface area contributed by atoms with Gasteiger partial charge in [0.15, 0.2) is 0 Å². The van der Waals surface area contributed by atoms with Crippen molar-refractivity contribution < 1.29 is 31.4 Å². The van der Waals surface area contributed by atoms with Crippen LogP contribution < -0.4 is 4.74 Å². The number of ether oxygens (including phenoxy) is 2. The maximum atomic E-state index is 13.0. The lowest BCUT2D eigenvalue weighted by Gasteiger charge is -2.35. The summed E-state index contributed by atoms with van der Waals surface area (Å²) in [6, 6.07) is 6.39. The molecule has 0 saturated heterocycles. The molecule has 0 unspecified atom stereocenters. The molecule has 0 bridgehead atoms. The highest BCUT2D eigenvalue weighted by Crippen LogP contribution is 2.56. The standard InChI is InChI=1S/C14H13F5O2/c1-2-7-20-10-6-4-3-5-9(10)8-21-12-11(15)13(16,17)14(12,18)19/h3-6H,2,7-8H2,1H3. The molecular formula is C14H13F5O2. The van der Waals surface area contributed by atoms with Crippen LogP contribution in [0.2, 0.25) is 0 Å². The van der Waals surface area contributed by atoms with Crippen LogP contribution in [0.15, 0.2) is 35.9 Å². The molecule has 0 atom stereocenters. The zero-order chi connectivity index (χ0) is 15.7.